The molecule has 2 aromatic rings. The summed E-state index contributed by atoms with van der Waals surface area (Å²) in [5.74, 6) is 0.599. The average Bonchev–Trinajstić information content (AvgIpc) is 2.43. The Morgan fingerprint density at radius 2 is 1.80 bits per heavy atom. The fourth-order valence-electron chi connectivity index (χ4n) is 1.97. The molecule has 0 spiro atoms. The smallest absolute Gasteiger partial charge is 0.124 e. The molecule has 0 radical (unpaired) electrons. The molecule has 1 unspecified atom stereocenters. The molecule has 1 atom stereocenters. The Morgan fingerprint density at radius 3 is 2.45 bits per heavy atom. The molecule has 2 rings (SSSR count). The van der Waals surface area contributed by atoms with Gasteiger partial charge in [0.25, 0.3) is 0 Å². The van der Waals surface area contributed by atoms with Gasteiger partial charge in [-0.2, -0.15) is 0 Å². The summed E-state index contributed by atoms with van der Waals surface area (Å²) < 4.78 is 5.24. The largest absolute Gasteiger partial charge is 0.496 e. The fourth-order valence-corrected chi connectivity index (χ4v) is 2.47. The Kier molecular flexibility index (Phi) is 5.17. The first-order valence-electron chi connectivity index (χ1n) is 5.96. The highest BCUT2D eigenvalue weighted by molar-refractivity contribution is 6.42. The van der Waals surface area contributed by atoms with Gasteiger partial charge in [0.1, 0.15) is 5.75 Å². The molecule has 0 aliphatic rings. The van der Waals surface area contributed by atoms with Crippen LogP contribution in [0.25, 0.3) is 0 Å². The second-order valence-electron chi connectivity index (χ2n) is 4.35. The number of ether oxygens (including phenoxy) is 1. The monoisotopic (exact) mass is 330 g/mol. The molecular weight excluding hydrogens is 319 g/mol. The van der Waals surface area contributed by atoms with Crippen molar-refractivity contribution in [3.8, 4) is 5.75 Å². The van der Waals surface area contributed by atoms with Gasteiger partial charge >= 0.3 is 0 Å². The second kappa shape index (κ2) is 6.68. The average molecular weight is 332 g/mol. The van der Waals surface area contributed by atoms with E-state index in [0.717, 1.165) is 5.56 Å². The van der Waals surface area contributed by atoms with Gasteiger partial charge in [0.2, 0.25) is 0 Å². The summed E-state index contributed by atoms with van der Waals surface area (Å²) in [5.41, 5.74) is 1.53. The van der Waals surface area contributed by atoms with Crippen molar-refractivity contribution in [1.29, 1.82) is 0 Å². The number of benzene rings is 2. The highest BCUT2D eigenvalue weighted by atomic mass is 35.5. The zero-order chi connectivity index (χ0) is 14.7. The van der Waals surface area contributed by atoms with E-state index in [1.807, 2.05) is 6.07 Å². The van der Waals surface area contributed by atoms with Gasteiger partial charge in [-0.3, -0.25) is 0 Å². The Hall–Kier alpha value is -0.930. The van der Waals surface area contributed by atoms with E-state index in [4.69, 9.17) is 39.5 Å². The van der Waals surface area contributed by atoms with Crippen molar-refractivity contribution in [2.45, 2.75) is 12.5 Å². The van der Waals surface area contributed by atoms with E-state index in [2.05, 4.69) is 0 Å². The minimum Gasteiger partial charge on any atom is -0.496 e. The lowest BCUT2D eigenvalue weighted by Gasteiger charge is -2.15. The minimum absolute atomic E-state index is 0.396. The van der Waals surface area contributed by atoms with Crippen molar-refractivity contribution >= 4 is 34.8 Å². The molecule has 0 aliphatic carbocycles. The van der Waals surface area contributed by atoms with Gasteiger partial charge in [0.15, 0.2) is 0 Å². The molecule has 20 heavy (non-hydrogen) atoms. The summed E-state index contributed by atoms with van der Waals surface area (Å²) in [6, 6.07) is 10.4. The molecule has 0 bridgehead atoms. The van der Waals surface area contributed by atoms with Crippen LogP contribution in [-0.4, -0.2) is 12.2 Å². The van der Waals surface area contributed by atoms with Gasteiger partial charge in [0, 0.05) is 17.0 Å². The third kappa shape index (κ3) is 3.58. The van der Waals surface area contributed by atoms with E-state index < -0.39 is 6.10 Å². The lowest BCUT2D eigenvalue weighted by atomic mass is 10.0. The minimum atomic E-state index is -0.735. The van der Waals surface area contributed by atoms with Crippen LogP contribution in [0.3, 0.4) is 0 Å². The highest BCUT2D eigenvalue weighted by Gasteiger charge is 2.15. The molecule has 0 aromatic heterocycles. The van der Waals surface area contributed by atoms with E-state index in [1.165, 1.54) is 0 Å². The van der Waals surface area contributed by atoms with Crippen LogP contribution in [0.4, 0.5) is 0 Å². The number of hydrogen-bond donors (Lipinski definition) is 1. The van der Waals surface area contributed by atoms with Crippen LogP contribution >= 0.6 is 34.8 Å². The zero-order valence-electron chi connectivity index (χ0n) is 10.7. The number of aliphatic hydroxyl groups is 1. The summed E-state index contributed by atoms with van der Waals surface area (Å²) in [6.07, 6.45) is -0.339. The molecule has 0 heterocycles. The lowest BCUT2D eigenvalue weighted by Crippen LogP contribution is -2.04. The maximum Gasteiger partial charge on any atom is 0.124 e. The van der Waals surface area contributed by atoms with Gasteiger partial charge in [-0.25, -0.2) is 0 Å². The van der Waals surface area contributed by atoms with E-state index in [9.17, 15) is 5.11 Å². The quantitative estimate of drug-likeness (QED) is 0.860. The van der Waals surface area contributed by atoms with E-state index in [0.29, 0.717) is 32.8 Å². The van der Waals surface area contributed by atoms with Crippen molar-refractivity contribution in [2.24, 2.45) is 0 Å². The molecule has 0 saturated carbocycles. The summed E-state index contributed by atoms with van der Waals surface area (Å²) >= 11 is 17.8. The Labute approximate surface area is 132 Å². The van der Waals surface area contributed by atoms with Crippen LogP contribution in [0, 0.1) is 0 Å². The van der Waals surface area contributed by atoms with Gasteiger partial charge in [-0.15, -0.1) is 0 Å². The fraction of sp³-hybridized carbons (Fsp3) is 0.200. The summed E-state index contributed by atoms with van der Waals surface area (Å²) in [4.78, 5) is 0. The van der Waals surface area contributed by atoms with Crippen LogP contribution in [0.1, 0.15) is 17.2 Å². The number of hydrogen-bond acceptors (Lipinski definition) is 2. The molecule has 0 amide bonds. The van der Waals surface area contributed by atoms with E-state index in [1.54, 1.807) is 37.4 Å². The molecule has 2 aromatic carbocycles. The van der Waals surface area contributed by atoms with Crippen LogP contribution in [0.15, 0.2) is 36.4 Å². The first-order valence-corrected chi connectivity index (χ1v) is 7.10. The molecule has 5 heteroatoms. The lowest BCUT2D eigenvalue weighted by molar-refractivity contribution is 0.174. The Bertz CT molecular complexity index is 614. The molecular formula is C15H13Cl3O2. The van der Waals surface area contributed by atoms with Crippen molar-refractivity contribution in [1.82, 2.24) is 0 Å². The molecule has 1 N–H and O–H groups in total. The van der Waals surface area contributed by atoms with Crippen molar-refractivity contribution in [3.05, 3.63) is 62.6 Å². The first-order chi connectivity index (χ1) is 9.51. The molecule has 0 fully saturated rings. The van der Waals surface area contributed by atoms with Crippen molar-refractivity contribution < 1.29 is 9.84 Å². The maximum absolute atomic E-state index is 10.4. The summed E-state index contributed by atoms with van der Waals surface area (Å²) in [7, 11) is 1.55. The van der Waals surface area contributed by atoms with E-state index in [-0.39, 0.29) is 0 Å². The number of methoxy groups -OCH3 is 1. The summed E-state index contributed by atoms with van der Waals surface area (Å²) in [5, 5.41) is 11.9. The maximum atomic E-state index is 10.4. The van der Waals surface area contributed by atoms with Crippen LogP contribution in [0.5, 0.6) is 5.75 Å². The first kappa shape index (κ1) is 15.5. The molecule has 0 saturated heterocycles. The number of rotatable bonds is 4. The predicted octanol–water partition coefficient (Wildman–Crippen LogP) is 4.93. The van der Waals surface area contributed by atoms with Crippen LogP contribution in [-0.2, 0) is 6.42 Å². The Balaban J connectivity index is 2.25. The van der Waals surface area contributed by atoms with Crippen molar-refractivity contribution in [2.75, 3.05) is 7.11 Å². The third-order valence-corrected chi connectivity index (χ3v) is 3.94. The second-order valence-corrected chi connectivity index (χ2v) is 5.61. The molecule has 2 nitrogen and oxygen atoms in total. The number of aliphatic hydroxyl groups excluding tert-OH is 1. The predicted molar refractivity (Wildman–Crippen MR) is 83.1 cm³/mol. The van der Waals surface area contributed by atoms with Crippen LogP contribution in [0.2, 0.25) is 15.1 Å². The topological polar surface area (TPSA) is 29.5 Å². The molecule has 0 aliphatic heterocycles. The van der Waals surface area contributed by atoms with Gasteiger partial charge in [-0.1, -0.05) is 40.9 Å². The van der Waals surface area contributed by atoms with Gasteiger partial charge in [0.05, 0.1) is 23.3 Å². The van der Waals surface area contributed by atoms with Crippen LogP contribution < -0.4 is 4.74 Å². The van der Waals surface area contributed by atoms with Crippen molar-refractivity contribution in [3.63, 3.8) is 0 Å². The summed E-state index contributed by atoms with van der Waals surface area (Å²) in [6.45, 7) is 0. The molecule has 106 valence electrons. The normalized spacial score (nSPS) is 12.2. The van der Waals surface area contributed by atoms with Gasteiger partial charge in [-0.05, 0) is 35.9 Å². The number of halogens is 3. The zero-order valence-corrected chi connectivity index (χ0v) is 13.0. The standard InChI is InChI=1S/C15H13Cl3O2/c1-20-15-5-3-10(16)8-11(15)14(19)7-9-2-4-12(17)13(18)6-9/h2-6,8,14,19H,7H2,1H3. The van der Waals surface area contributed by atoms with Gasteiger partial charge < -0.3 is 9.84 Å². The SMILES string of the molecule is COc1ccc(Cl)cc1C(O)Cc1ccc(Cl)c(Cl)c1. The van der Waals surface area contributed by atoms with E-state index >= 15 is 0 Å². The third-order valence-electron chi connectivity index (χ3n) is 2.96. The highest BCUT2D eigenvalue weighted by Crippen LogP contribution is 2.31. The Morgan fingerprint density at radius 1 is 1.05 bits per heavy atom.